The molecule has 10 nitrogen and oxygen atoms in total. The van der Waals surface area contributed by atoms with Crippen molar-refractivity contribution in [2.45, 2.75) is 20.4 Å². The van der Waals surface area contributed by atoms with E-state index >= 15 is 0 Å². The number of aromatic amines is 1. The molecule has 0 spiro atoms. The van der Waals surface area contributed by atoms with Gasteiger partial charge in [0.15, 0.2) is 5.82 Å². The predicted octanol–water partition coefficient (Wildman–Crippen LogP) is 2.18. The standard InChI is InChI=1S/C19H18ClN7O3/c1-8-4-10(25-26(8)3)7-27-16-14(15(20)23-19(21)24-16)11(17(27)28)5-13-9(2)12(6-22-13)18(29)30/h4-6,22H,7H2,1-3H3,(H,29,30)(H2,21,23,24)/b11-5+. The molecule has 1 aliphatic rings. The summed E-state index contributed by atoms with van der Waals surface area (Å²) in [6.07, 6.45) is 2.93. The third-order valence-corrected chi connectivity index (χ3v) is 5.32. The molecular weight excluding hydrogens is 410 g/mol. The number of carbonyl (C=O) groups excluding carboxylic acids is 1. The third-order valence-electron chi connectivity index (χ3n) is 5.05. The smallest absolute Gasteiger partial charge is 0.337 e. The van der Waals surface area contributed by atoms with Crippen LogP contribution < -0.4 is 10.6 Å². The summed E-state index contributed by atoms with van der Waals surface area (Å²) in [6.45, 7) is 3.73. The maximum Gasteiger partial charge on any atom is 0.337 e. The van der Waals surface area contributed by atoms with Gasteiger partial charge in [-0.05, 0) is 31.6 Å². The van der Waals surface area contributed by atoms with Crippen LogP contribution in [0.3, 0.4) is 0 Å². The second kappa shape index (κ2) is 6.99. The van der Waals surface area contributed by atoms with Gasteiger partial charge in [0.1, 0.15) is 5.15 Å². The predicted molar refractivity (Wildman–Crippen MR) is 111 cm³/mol. The van der Waals surface area contributed by atoms with E-state index in [9.17, 15) is 14.7 Å². The van der Waals surface area contributed by atoms with Gasteiger partial charge in [0.05, 0.1) is 28.9 Å². The molecule has 11 heteroatoms. The first-order valence-electron chi connectivity index (χ1n) is 8.95. The van der Waals surface area contributed by atoms with Crippen LogP contribution in [-0.4, -0.2) is 41.7 Å². The first-order valence-corrected chi connectivity index (χ1v) is 9.33. The van der Waals surface area contributed by atoms with Crippen LogP contribution in [0.1, 0.15) is 38.6 Å². The number of halogens is 1. The number of nitrogens with zero attached hydrogens (tertiary/aromatic N) is 5. The molecule has 0 unspecified atom stereocenters. The minimum absolute atomic E-state index is 0.0412. The quantitative estimate of drug-likeness (QED) is 0.427. The highest BCUT2D eigenvalue weighted by Crippen LogP contribution is 2.41. The lowest BCUT2D eigenvalue weighted by Gasteiger charge is -2.14. The summed E-state index contributed by atoms with van der Waals surface area (Å²) in [4.78, 5) is 37.2. The molecule has 1 amide bonds. The van der Waals surface area contributed by atoms with Crippen LogP contribution in [0, 0.1) is 13.8 Å². The number of hydrogen-bond acceptors (Lipinski definition) is 6. The van der Waals surface area contributed by atoms with Gasteiger partial charge >= 0.3 is 5.97 Å². The van der Waals surface area contributed by atoms with Gasteiger partial charge in [-0.2, -0.15) is 10.1 Å². The first kappa shape index (κ1) is 19.6. The molecule has 1 aliphatic heterocycles. The Morgan fingerprint density at radius 1 is 1.37 bits per heavy atom. The van der Waals surface area contributed by atoms with Gasteiger partial charge < -0.3 is 15.8 Å². The van der Waals surface area contributed by atoms with E-state index in [0.29, 0.717) is 22.5 Å². The number of carboxylic acids is 1. The number of nitrogens with one attached hydrogen (secondary N) is 1. The number of rotatable bonds is 4. The summed E-state index contributed by atoms with van der Waals surface area (Å²) in [7, 11) is 1.81. The average Bonchev–Trinajstić information content (AvgIpc) is 3.26. The Balaban J connectivity index is 1.83. The van der Waals surface area contributed by atoms with Crippen LogP contribution in [0.25, 0.3) is 11.6 Å². The maximum absolute atomic E-state index is 13.3. The number of H-pyrrole nitrogens is 1. The second-order valence-corrected chi connectivity index (χ2v) is 7.33. The summed E-state index contributed by atoms with van der Waals surface area (Å²) in [6, 6.07) is 1.87. The van der Waals surface area contributed by atoms with Crippen LogP contribution in [0.4, 0.5) is 11.8 Å². The van der Waals surface area contributed by atoms with E-state index in [1.807, 2.05) is 20.0 Å². The number of anilines is 2. The van der Waals surface area contributed by atoms with Gasteiger partial charge in [0.25, 0.3) is 5.91 Å². The summed E-state index contributed by atoms with van der Waals surface area (Å²) in [5.74, 6) is -1.19. The topological polar surface area (TPSA) is 143 Å². The number of nitrogens with two attached hydrogens (primary N) is 1. The fourth-order valence-corrected chi connectivity index (χ4v) is 3.67. The molecular formula is C19H18ClN7O3. The highest BCUT2D eigenvalue weighted by Gasteiger charge is 2.37. The van der Waals surface area contributed by atoms with Gasteiger partial charge in [0.2, 0.25) is 5.95 Å². The molecule has 3 aromatic rings. The van der Waals surface area contributed by atoms with Crippen LogP contribution in [-0.2, 0) is 18.4 Å². The van der Waals surface area contributed by atoms with Crippen molar-refractivity contribution >= 4 is 46.9 Å². The molecule has 4 rings (SSSR count). The van der Waals surface area contributed by atoms with Gasteiger partial charge in [-0.1, -0.05) is 11.6 Å². The number of aryl methyl sites for hydroxylation is 2. The van der Waals surface area contributed by atoms with Crippen molar-refractivity contribution in [1.82, 2.24) is 24.7 Å². The van der Waals surface area contributed by atoms with Crippen molar-refractivity contribution in [3.05, 3.63) is 51.2 Å². The lowest BCUT2D eigenvalue weighted by atomic mass is 10.1. The van der Waals surface area contributed by atoms with Crippen molar-refractivity contribution in [2.24, 2.45) is 7.05 Å². The fraction of sp³-hybridized carbons (Fsp3) is 0.211. The zero-order valence-electron chi connectivity index (χ0n) is 16.4. The Kier molecular flexibility index (Phi) is 4.58. The maximum atomic E-state index is 13.3. The number of nitrogen functional groups attached to an aromatic ring is 1. The Hall–Kier alpha value is -3.66. The Morgan fingerprint density at radius 3 is 2.70 bits per heavy atom. The van der Waals surface area contributed by atoms with Crippen LogP contribution >= 0.6 is 11.6 Å². The molecule has 4 heterocycles. The van der Waals surface area contributed by atoms with Crippen molar-refractivity contribution in [1.29, 1.82) is 0 Å². The monoisotopic (exact) mass is 427 g/mol. The average molecular weight is 428 g/mol. The number of aromatic nitrogens is 5. The molecule has 154 valence electrons. The molecule has 0 radical (unpaired) electrons. The van der Waals surface area contributed by atoms with Crippen molar-refractivity contribution < 1.29 is 14.7 Å². The lowest BCUT2D eigenvalue weighted by molar-refractivity contribution is -0.113. The van der Waals surface area contributed by atoms with Gasteiger partial charge in [-0.3, -0.25) is 14.4 Å². The molecule has 0 saturated carbocycles. The summed E-state index contributed by atoms with van der Waals surface area (Å²) in [5.41, 5.74) is 9.05. The van der Waals surface area contributed by atoms with E-state index in [4.69, 9.17) is 17.3 Å². The molecule has 0 bridgehead atoms. The van der Waals surface area contributed by atoms with Crippen molar-refractivity contribution in [3.63, 3.8) is 0 Å². The molecule has 30 heavy (non-hydrogen) atoms. The Bertz CT molecular complexity index is 1220. The Labute approximate surface area is 176 Å². The number of hydrogen-bond donors (Lipinski definition) is 3. The van der Waals surface area contributed by atoms with E-state index in [1.165, 1.54) is 11.1 Å². The van der Waals surface area contributed by atoms with E-state index in [2.05, 4.69) is 20.1 Å². The minimum Gasteiger partial charge on any atom is -0.478 e. The normalized spacial score (nSPS) is 14.6. The number of carbonyl (C=O) groups is 2. The van der Waals surface area contributed by atoms with E-state index in [1.54, 1.807) is 17.7 Å². The highest BCUT2D eigenvalue weighted by molar-refractivity contribution is 6.41. The van der Waals surface area contributed by atoms with Gasteiger partial charge in [-0.25, -0.2) is 9.78 Å². The first-order chi connectivity index (χ1) is 14.2. The third kappa shape index (κ3) is 3.11. The Morgan fingerprint density at radius 2 is 2.10 bits per heavy atom. The second-order valence-electron chi connectivity index (χ2n) is 6.97. The fourth-order valence-electron chi connectivity index (χ4n) is 3.40. The van der Waals surface area contributed by atoms with Gasteiger partial charge in [-0.15, -0.1) is 0 Å². The van der Waals surface area contributed by atoms with E-state index in [-0.39, 0.29) is 40.5 Å². The highest BCUT2D eigenvalue weighted by atomic mass is 35.5. The van der Waals surface area contributed by atoms with E-state index < -0.39 is 5.97 Å². The number of carboxylic acid groups (broad SMARTS) is 1. The largest absolute Gasteiger partial charge is 0.478 e. The summed E-state index contributed by atoms with van der Waals surface area (Å²) < 4.78 is 1.71. The summed E-state index contributed by atoms with van der Waals surface area (Å²) >= 11 is 6.32. The van der Waals surface area contributed by atoms with E-state index in [0.717, 1.165) is 5.69 Å². The van der Waals surface area contributed by atoms with Crippen LogP contribution in [0.5, 0.6) is 0 Å². The molecule has 0 aliphatic carbocycles. The molecule has 0 atom stereocenters. The molecule has 3 aromatic heterocycles. The van der Waals surface area contributed by atoms with Crippen molar-refractivity contribution in [3.8, 4) is 0 Å². The van der Waals surface area contributed by atoms with Crippen LogP contribution in [0.15, 0.2) is 12.3 Å². The summed E-state index contributed by atoms with van der Waals surface area (Å²) in [5, 5.41) is 13.7. The molecule has 4 N–H and O–H groups in total. The lowest BCUT2D eigenvalue weighted by Crippen LogP contribution is -2.26. The van der Waals surface area contributed by atoms with Crippen molar-refractivity contribution in [2.75, 3.05) is 10.6 Å². The molecule has 0 saturated heterocycles. The number of amides is 1. The molecule has 0 aromatic carbocycles. The van der Waals surface area contributed by atoms with Crippen LogP contribution in [0.2, 0.25) is 5.15 Å². The van der Waals surface area contributed by atoms with Gasteiger partial charge in [0, 0.05) is 24.6 Å². The SMILES string of the molecule is Cc1c(C(=O)O)c[nH]c1/C=C1/C(=O)N(Cc2cc(C)n(C)n2)c2nc(N)nc(Cl)c21. The molecule has 0 fully saturated rings. The number of fused-ring (bicyclic) bond motifs is 1. The number of aromatic carboxylic acids is 1. The zero-order valence-corrected chi connectivity index (χ0v) is 17.2. The minimum atomic E-state index is -1.06. The zero-order chi connectivity index (χ0) is 21.7.